The van der Waals surface area contributed by atoms with Gasteiger partial charge in [-0.05, 0) is 25.0 Å². The topological polar surface area (TPSA) is 20.2 Å². The molecule has 0 spiro atoms. The normalized spacial score (nSPS) is 18.7. The first kappa shape index (κ1) is 13.3. The standard InChI is InChI=1S/C13H10ClF3O/c14-11-3-1-2-10(8-11)12(18,13(15,16)17)7-6-9-4-5-9/h1-3,8-9,18H,4-5H2/t12-/m0/s1. The van der Waals surface area contributed by atoms with Gasteiger partial charge in [0.15, 0.2) is 0 Å². The van der Waals surface area contributed by atoms with E-state index in [9.17, 15) is 18.3 Å². The molecule has 2 rings (SSSR count). The van der Waals surface area contributed by atoms with Crippen molar-refractivity contribution >= 4 is 11.6 Å². The minimum atomic E-state index is -4.86. The smallest absolute Gasteiger partial charge is 0.366 e. The van der Waals surface area contributed by atoms with E-state index in [0.717, 1.165) is 18.9 Å². The zero-order chi connectivity index (χ0) is 13.4. The van der Waals surface area contributed by atoms with Crippen molar-refractivity contribution in [3.63, 3.8) is 0 Å². The highest BCUT2D eigenvalue weighted by molar-refractivity contribution is 6.30. The summed E-state index contributed by atoms with van der Waals surface area (Å²) in [5.74, 6) is 4.39. The Morgan fingerprint density at radius 3 is 2.44 bits per heavy atom. The maximum absolute atomic E-state index is 13.0. The molecule has 0 radical (unpaired) electrons. The van der Waals surface area contributed by atoms with Gasteiger partial charge in [0.1, 0.15) is 0 Å². The van der Waals surface area contributed by atoms with Crippen molar-refractivity contribution in [2.45, 2.75) is 24.6 Å². The van der Waals surface area contributed by atoms with Gasteiger partial charge in [-0.15, -0.1) is 0 Å². The van der Waals surface area contributed by atoms with Crippen LogP contribution in [0.15, 0.2) is 24.3 Å². The van der Waals surface area contributed by atoms with Crippen molar-refractivity contribution in [1.29, 1.82) is 0 Å². The third kappa shape index (κ3) is 2.63. The predicted octanol–water partition coefficient (Wildman–Crippen LogP) is 3.50. The van der Waals surface area contributed by atoms with Gasteiger partial charge < -0.3 is 5.11 Å². The van der Waals surface area contributed by atoms with E-state index in [2.05, 4.69) is 5.92 Å². The Kier molecular flexibility index (Phi) is 3.31. The number of aliphatic hydroxyl groups is 1. The van der Waals surface area contributed by atoms with Gasteiger partial charge in [-0.2, -0.15) is 13.2 Å². The molecule has 1 N–H and O–H groups in total. The lowest BCUT2D eigenvalue weighted by molar-refractivity contribution is -0.240. The summed E-state index contributed by atoms with van der Waals surface area (Å²) in [6.07, 6.45) is -3.29. The van der Waals surface area contributed by atoms with Crippen LogP contribution in [0.1, 0.15) is 18.4 Å². The number of alkyl halides is 3. The number of hydrogen-bond donors (Lipinski definition) is 1. The van der Waals surface area contributed by atoms with Crippen molar-refractivity contribution in [3.8, 4) is 11.8 Å². The van der Waals surface area contributed by atoms with Crippen LogP contribution in [0.4, 0.5) is 13.2 Å². The van der Waals surface area contributed by atoms with Crippen LogP contribution in [0.25, 0.3) is 0 Å². The SMILES string of the molecule is O[C@@](C#CC1CC1)(c1cccc(Cl)c1)C(F)(F)F. The van der Waals surface area contributed by atoms with Crippen molar-refractivity contribution in [2.75, 3.05) is 0 Å². The molecule has 0 aromatic heterocycles. The quantitative estimate of drug-likeness (QED) is 0.777. The summed E-state index contributed by atoms with van der Waals surface area (Å²) in [7, 11) is 0. The molecule has 0 unspecified atom stereocenters. The van der Waals surface area contributed by atoms with Gasteiger partial charge in [-0.1, -0.05) is 35.6 Å². The van der Waals surface area contributed by atoms with E-state index < -0.39 is 11.8 Å². The van der Waals surface area contributed by atoms with Crippen molar-refractivity contribution in [3.05, 3.63) is 34.9 Å². The monoisotopic (exact) mass is 274 g/mol. The second-order valence-electron chi connectivity index (χ2n) is 4.26. The summed E-state index contributed by atoms with van der Waals surface area (Å²) < 4.78 is 39.0. The molecule has 0 bridgehead atoms. The zero-order valence-corrected chi connectivity index (χ0v) is 10.0. The van der Waals surface area contributed by atoms with Crippen molar-refractivity contribution < 1.29 is 18.3 Å². The van der Waals surface area contributed by atoms with Crippen LogP contribution in [-0.4, -0.2) is 11.3 Å². The Hall–Kier alpha value is -1.18. The predicted molar refractivity (Wildman–Crippen MR) is 61.9 cm³/mol. The van der Waals surface area contributed by atoms with E-state index in [1.54, 1.807) is 0 Å². The molecule has 5 heteroatoms. The van der Waals surface area contributed by atoms with Crippen molar-refractivity contribution in [1.82, 2.24) is 0 Å². The summed E-state index contributed by atoms with van der Waals surface area (Å²) >= 11 is 5.65. The molecule has 0 amide bonds. The van der Waals surface area contributed by atoms with E-state index in [1.807, 2.05) is 5.92 Å². The first-order valence-electron chi connectivity index (χ1n) is 5.41. The maximum Gasteiger partial charge on any atom is 0.433 e. The van der Waals surface area contributed by atoms with Crippen molar-refractivity contribution in [2.24, 2.45) is 5.92 Å². The van der Waals surface area contributed by atoms with E-state index in [1.165, 1.54) is 18.2 Å². The minimum Gasteiger partial charge on any atom is -0.366 e. The largest absolute Gasteiger partial charge is 0.433 e. The Labute approximate surface area is 108 Å². The first-order chi connectivity index (χ1) is 8.33. The number of halogens is 4. The number of hydrogen-bond acceptors (Lipinski definition) is 1. The maximum atomic E-state index is 13.0. The third-order valence-electron chi connectivity index (χ3n) is 2.69. The van der Waals surface area contributed by atoms with Gasteiger partial charge in [0.2, 0.25) is 5.60 Å². The Morgan fingerprint density at radius 1 is 1.28 bits per heavy atom. The summed E-state index contributed by atoms with van der Waals surface area (Å²) in [5.41, 5.74) is -3.50. The Bertz CT molecular complexity index is 511. The Balaban J connectivity index is 2.45. The van der Waals surface area contributed by atoms with Crippen LogP contribution in [-0.2, 0) is 5.60 Å². The lowest BCUT2D eigenvalue weighted by atomic mass is 9.93. The fourth-order valence-corrected chi connectivity index (χ4v) is 1.64. The van der Waals surface area contributed by atoms with Gasteiger partial charge >= 0.3 is 6.18 Å². The molecule has 1 nitrogen and oxygen atoms in total. The highest BCUT2D eigenvalue weighted by Gasteiger charge is 2.54. The van der Waals surface area contributed by atoms with E-state index in [0.29, 0.717) is 0 Å². The van der Waals surface area contributed by atoms with Gasteiger partial charge in [0.05, 0.1) is 0 Å². The lowest BCUT2D eigenvalue weighted by Crippen LogP contribution is -2.41. The van der Waals surface area contributed by atoms with E-state index >= 15 is 0 Å². The van der Waals surface area contributed by atoms with Gasteiger partial charge in [0, 0.05) is 16.5 Å². The van der Waals surface area contributed by atoms with Crippen LogP contribution < -0.4 is 0 Å². The molecule has 1 atom stereocenters. The minimum absolute atomic E-state index is 0.0296. The van der Waals surface area contributed by atoms with Gasteiger partial charge in [0.25, 0.3) is 0 Å². The molecule has 0 saturated heterocycles. The molecular formula is C13H10ClF3O. The fourth-order valence-electron chi connectivity index (χ4n) is 1.45. The fraction of sp³-hybridized carbons (Fsp3) is 0.385. The van der Waals surface area contributed by atoms with Crippen LogP contribution in [0.3, 0.4) is 0 Å². The summed E-state index contributed by atoms with van der Waals surface area (Å²) in [4.78, 5) is 0. The molecule has 1 aromatic carbocycles. The first-order valence-corrected chi connectivity index (χ1v) is 5.78. The van der Waals surface area contributed by atoms with Crippen LogP contribution in [0.5, 0.6) is 0 Å². The summed E-state index contributed by atoms with van der Waals surface area (Å²) in [6, 6.07) is 5.04. The Morgan fingerprint density at radius 2 is 1.94 bits per heavy atom. The molecular weight excluding hydrogens is 265 g/mol. The molecule has 1 aliphatic rings. The van der Waals surface area contributed by atoms with E-state index in [-0.39, 0.29) is 16.5 Å². The summed E-state index contributed by atoms with van der Waals surface area (Å²) in [5, 5.41) is 9.99. The van der Waals surface area contributed by atoms with Crippen LogP contribution in [0, 0.1) is 17.8 Å². The highest BCUT2D eigenvalue weighted by Crippen LogP contribution is 2.40. The molecule has 1 saturated carbocycles. The van der Waals surface area contributed by atoms with E-state index in [4.69, 9.17) is 11.6 Å². The molecule has 18 heavy (non-hydrogen) atoms. The zero-order valence-electron chi connectivity index (χ0n) is 9.26. The van der Waals surface area contributed by atoms with Gasteiger partial charge in [-0.25, -0.2) is 0 Å². The second kappa shape index (κ2) is 4.49. The molecule has 0 heterocycles. The third-order valence-corrected chi connectivity index (χ3v) is 2.92. The average Bonchev–Trinajstić information content (AvgIpc) is 3.08. The van der Waals surface area contributed by atoms with Crippen LogP contribution in [0.2, 0.25) is 5.02 Å². The second-order valence-corrected chi connectivity index (χ2v) is 4.70. The molecule has 96 valence electrons. The molecule has 1 aromatic rings. The van der Waals surface area contributed by atoms with Gasteiger partial charge in [-0.3, -0.25) is 0 Å². The van der Waals surface area contributed by atoms with Crippen LogP contribution >= 0.6 is 11.6 Å². The lowest BCUT2D eigenvalue weighted by Gasteiger charge is -2.25. The number of benzene rings is 1. The summed E-state index contributed by atoms with van der Waals surface area (Å²) in [6.45, 7) is 0. The molecule has 1 aliphatic carbocycles. The number of rotatable bonds is 1. The molecule has 1 fully saturated rings. The highest BCUT2D eigenvalue weighted by atomic mass is 35.5. The average molecular weight is 275 g/mol. The molecule has 0 aliphatic heterocycles.